The Balaban J connectivity index is 1.55. The summed E-state index contributed by atoms with van der Waals surface area (Å²) in [6, 6.07) is 11.3. The molecule has 0 unspecified atom stereocenters. The van der Waals surface area contributed by atoms with Crippen LogP contribution in [0.3, 0.4) is 0 Å². The highest BCUT2D eigenvalue weighted by Crippen LogP contribution is 2.37. The lowest BCUT2D eigenvalue weighted by atomic mass is 9.85. The van der Waals surface area contributed by atoms with Crippen molar-refractivity contribution in [3.8, 4) is 23.0 Å². The van der Waals surface area contributed by atoms with Crippen molar-refractivity contribution in [1.82, 2.24) is 10.2 Å². The summed E-state index contributed by atoms with van der Waals surface area (Å²) in [5, 5.41) is 3.23. The summed E-state index contributed by atoms with van der Waals surface area (Å²) in [6.07, 6.45) is 0.870. The van der Waals surface area contributed by atoms with E-state index in [1.54, 1.807) is 32.4 Å². The standard InChI is InChI=1S/C22H26N2O5/c1-24-9-8-17(16(12-24)14-4-7-19-21(10-14)29-13-28-19)23-22(25)15-5-6-18(26-2)20(11-15)27-3/h4-7,10-11,16-17H,8-9,12-13H2,1-3H3,(H,23,25)/t16-,17-/m1/s1. The minimum absolute atomic E-state index is 0.0205. The fourth-order valence-electron chi connectivity index (χ4n) is 4.00. The quantitative estimate of drug-likeness (QED) is 0.835. The Kier molecular flexibility index (Phi) is 5.49. The van der Waals surface area contributed by atoms with E-state index in [0.29, 0.717) is 17.1 Å². The number of carbonyl (C=O) groups excluding carboxylic acids is 1. The number of likely N-dealkylation sites (N-methyl/N-ethyl adjacent to an activating group) is 1. The van der Waals surface area contributed by atoms with Crippen LogP contribution in [0.4, 0.5) is 0 Å². The largest absolute Gasteiger partial charge is 0.493 e. The first-order valence-electron chi connectivity index (χ1n) is 9.70. The number of carbonyl (C=O) groups is 1. The predicted molar refractivity (Wildman–Crippen MR) is 108 cm³/mol. The van der Waals surface area contributed by atoms with Crippen molar-refractivity contribution in [2.24, 2.45) is 0 Å². The SMILES string of the molecule is COc1ccc(C(=O)N[C@@H]2CCN(C)C[C@@H]2c2ccc3c(c2)OCO3)cc1OC. The van der Waals surface area contributed by atoms with Crippen LogP contribution >= 0.6 is 0 Å². The summed E-state index contributed by atoms with van der Waals surface area (Å²) in [7, 11) is 5.24. The number of rotatable bonds is 5. The monoisotopic (exact) mass is 398 g/mol. The molecule has 7 nitrogen and oxygen atoms in total. The summed E-state index contributed by atoms with van der Waals surface area (Å²) in [5.41, 5.74) is 1.68. The molecule has 0 aliphatic carbocycles. The van der Waals surface area contributed by atoms with Crippen molar-refractivity contribution in [2.75, 3.05) is 41.1 Å². The number of hydrogen-bond acceptors (Lipinski definition) is 6. The van der Waals surface area contributed by atoms with Gasteiger partial charge >= 0.3 is 0 Å². The molecule has 2 aliphatic rings. The molecule has 4 rings (SSSR count). The number of benzene rings is 2. The Morgan fingerprint density at radius 2 is 1.86 bits per heavy atom. The second-order valence-corrected chi connectivity index (χ2v) is 7.42. The zero-order valence-corrected chi connectivity index (χ0v) is 16.9. The summed E-state index contributed by atoms with van der Waals surface area (Å²) in [6.45, 7) is 2.04. The van der Waals surface area contributed by atoms with E-state index < -0.39 is 0 Å². The number of fused-ring (bicyclic) bond motifs is 1. The highest BCUT2D eigenvalue weighted by Gasteiger charge is 2.31. The molecule has 0 aromatic heterocycles. The van der Waals surface area contributed by atoms with Gasteiger partial charge in [0.05, 0.1) is 14.2 Å². The number of likely N-dealkylation sites (tertiary alicyclic amines) is 1. The molecule has 7 heteroatoms. The van der Waals surface area contributed by atoms with Crippen molar-refractivity contribution < 1.29 is 23.7 Å². The van der Waals surface area contributed by atoms with E-state index in [4.69, 9.17) is 18.9 Å². The van der Waals surface area contributed by atoms with Gasteiger partial charge in [-0.3, -0.25) is 4.79 Å². The second-order valence-electron chi connectivity index (χ2n) is 7.42. The van der Waals surface area contributed by atoms with Crippen LogP contribution in [0, 0.1) is 0 Å². The molecule has 1 amide bonds. The van der Waals surface area contributed by atoms with Crippen LogP contribution in [0.25, 0.3) is 0 Å². The van der Waals surface area contributed by atoms with Crippen LogP contribution in [0.2, 0.25) is 0 Å². The second kappa shape index (κ2) is 8.21. The normalized spacial score (nSPS) is 20.9. The molecule has 154 valence electrons. The summed E-state index contributed by atoms with van der Waals surface area (Å²) < 4.78 is 21.6. The third-order valence-electron chi connectivity index (χ3n) is 5.60. The Morgan fingerprint density at radius 3 is 2.66 bits per heavy atom. The molecule has 2 heterocycles. The average Bonchev–Trinajstić information content (AvgIpc) is 3.22. The number of amides is 1. The van der Waals surface area contributed by atoms with Gasteiger partial charge < -0.3 is 29.2 Å². The van der Waals surface area contributed by atoms with Gasteiger partial charge in [0.25, 0.3) is 5.91 Å². The first-order chi connectivity index (χ1) is 14.1. The molecule has 29 heavy (non-hydrogen) atoms. The molecule has 0 saturated carbocycles. The molecule has 1 saturated heterocycles. The molecular formula is C22H26N2O5. The van der Waals surface area contributed by atoms with Gasteiger partial charge in [-0.25, -0.2) is 0 Å². The molecule has 2 aromatic rings. The highest BCUT2D eigenvalue weighted by molar-refractivity contribution is 5.95. The van der Waals surface area contributed by atoms with E-state index in [1.807, 2.05) is 12.1 Å². The Labute approximate surface area is 170 Å². The highest BCUT2D eigenvalue weighted by atomic mass is 16.7. The molecule has 2 aliphatic heterocycles. The number of nitrogens with zero attached hydrogens (tertiary/aromatic N) is 1. The third-order valence-corrected chi connectivity index (χ3v) is 5.60. The van der Waals surface area contributed by atoms with Crippen molar-refractivity contribution in [3.63, 3.8) is 0 Å². The van der Waals surface area contributed by atoms with E-state index in [-0.39, 0.29) is 24.7 Å². The minimum Gasteiger partial charge on any atom is -0.493 e. The van der Waals surface area contributed by atoms with E-state index in [9.17, 15) is 4.79 Å². The van der Waals surface area contributed by atoms with Crippen molar-refractivity contribution >= 4 is 5.91 Å². The van der Waals surface area contributed by atoms with Gasteiger partial charge in [-0.15, -0.1) is 0 Å². The van der Waals surface area contributed by atoms with Gasteiger partial charge in [0.2, 0.25) is 6.79 Å². The maximum Gasteiger partial charge on any atom is 0.251 e. The first-order valence-corrected chi connectivity index (χ1v) is 9.70. The summed E-state index contributed by atoms with van der Waals surface area (Å²) >= 11 is 0. The average molecular weight is 398 g/mol. The minimum atomic E-state index is -0.119. The van der Waals surface area contributed by atoms with Gasteiger partial charge in [0.1, 0.15) is 0 Å². The van der Waals surface area contributed by atoms with E-state index in [0.717, 1.165) is 36.6 Å². The fourth-order valence-corrected chi connectivity index (χ4v) is 4.00. The van der Waals surface area contributed by atoms with Crippen LogP contribution in [0.5, 0.6) is 23.0 Å². The van der Waals surface area contributed by atoms with Crippen molar-refractivity contribution in [3.05, 3.63) is 47.5 Å². The molecular weight excluding hydrogens is 372 g/mol. The summed E-state index contributed by atoms with van der Waals surface area (Å²) in [5.74, 6) is 2.71. The lowest BCUT2D eigenvalue weighted by Crippen LogP contribution is -2.48. The molecule has 1 fully saturated rings. The lowest BCUT2D eigenvalue weighted by Gasteiger charge is -2.37. The number of hydrogen-bond donors (Lipinski definition) is 1. The maximum atomic E-state index is 13.0. The topological polar surface area (TPSA) is 69.3 Å². The Bertz CT molecular complexity index is 901. The zero-order valence-electron chi connectivity index (χ0n) is 16.9. The molecule has 1 N–H and O–H groups in total. The van der Waals surface area contributed by atoms with Crippen LogP contribution in [-0.2, 0) is 0 Å². The Morgan fingerprint density at radius 1 is 1.07 bits per heavy atom. The van der Waals surface area contributed by atoms with E-state index >= 15 is 0 Å². The third kappa shape index (κ3) is 3.96. The van der Waals surface area contributed by atoms with Gasteiger partial charge in [-0.2, -0.15) is 0 Å². The van der Waals surface area contributed by atoms with Gasteiger partial charge in [-0.1, -0.05) is 6.07 Å². The molecule has 0 bridgehead atoms. The number of piperidine rings is 1. The number of nitrogens with one attached hydrogen (secondary N) is 1. The van der Waals surface area contributed by atoms with E-state index in [1.165, 1.54) is 0 Å². The van der Waals surface area contributed by atoms with Crippen LogP contribution in [0.1, 0.15) is 28.3 Å². The predicted octanol–water partition coefficient (Wildman–Crippen LogP) is 2.65. The molecule has 2 atom stereocenters. The number of methoxy groups -OCH3 is 2. The van der Waals surface area contributed by atoms with Crippen LogP contribution in [0.15, 0.2) is 36.4 Å². The fraction of sp³-hybridized carbons (Fsp3) is 0.409. The van der Waals surface area contributed by atoms with Gasteiger partial charge in [0.15, 0.2) is 23.0 Å². The Hall–Kier alpha value is -2.93. The van der Waals surface area contributed by atoms with Gasteiger partial charge in [-0.05, 0) is 55.9 Å². The molecule has 0 radical (unpaired) electrons. The van der Waals surface area contributed by atoms with E-state index in [2.05, 4.69) is 23.3 Å². The van der Waals surface area contributed by atoms with Crippen molar-refractivity contribution in [2.45, 2.75) is 18.4 Å². The first kappa shape index (κ1) is 19.4. The van der Waals surface area contributed by atoms with Crippen LogP contribution in [-0.4, -0.2) is 58.0 Å². The lowest BCUT2D eigenvalue weighted by molar-refractivity contribution is 0.0904. The van der Waals surface area contributed by atoms with Crippen LogP contribution < -0.4 is 24.3 Å². The summed E-state index contributed by atoms with van der Waals surface area (Å²) in [4.78, 5) is 15.2. The molecule has 0 spiro atoms. The number of ether oxygens (including phenoxy) is 4. The smallest absolute Gasteiger partial charge is 0.251 e. The maximum absolute atomic E-state index is 13.0. The van der Waals surface area contributed by atoms with Crippen molar-refractivity contribution in [1.29, 1.82) is 0 Å². The zero-order chi connectivity index (χ0) is 20.4. The molecule has 2 aromatic carbocycles. The van der Waals surface area contributed by atoms with Gasteiger partial charge in [0, 0.05) is 24.1 Å².